The molecule has 0 aliphatic rings. The van der Waals surface area contributed by atoms with Crippen molar-refractivity contribution >= 4 is 38.6 Å². The molecule has 4 rings (SSSR count). The van der Waals surface area contributed by atoms with Crippen molar-refractivity contribution in [1.29, 1.82) is 0 Å². The Hall–Kier alpha value is -2.84. The fourth-order valence-electron chi connectivity index (χ4n) is 2.52. The van der Waals surface area contributed by atoms with E-state index in [1.54, 1.807) is 6.07 Å². The molecule has 23 heavy (non-hydrogen) atoms. The van der Waals surface area contributed by atoms with Gasteiger partial charge in [-0.3, -0.25) is 5.10 Å². The van der Waals surface area contributed by atoms with Crippen LogP contribution in [0.5, 0.6) is 5.06 Å². The Balaban J connectivity index is 1.81. The molecule has 0 saturated carbocycles. The number of carbonyl (C=O) groups is 1. The highest BCUT2D eigenvalue weighted by molar-refractivity contribution is 7.21. The minimum atomic E-state index is -1.34. The fourth-order valence-corrected chi connectivity index (χ4v) is 3.48. The summed E-state index contributed by atoms with van der Waals surface area (Å²) in [7, 11) is 0. The molecule has 0 atom stereocenters. The number of ether oxygens (including phenoxy) is 1. The molecule has 0 radical (unpaired) electrons. The van der Waals surface area contributed by atoms with Gasteiger partial charge in [0.25, 0.3) is 0 Å². The molecule has 3 aromatic heterocycles. The molecule has 4 N–H and O–H groups in total. The second kappa shape index (κ2) is 5.11. The van der Waals surface area contributed by atoms with Gasteiger partial charge in [0.1, 0.15) is 5.69 Å². The molecule has 0 aliphatic heterocycles. The van der Waals surface area contributed by atoms with Gasteiger partial charge in [-0.25, -0.2) is 4.79 Å². The summed E-state index contributed by atoms with van der Waals surface area (Å²) in [6, 6.07) is 9.22. The summed E-state index contributed by atoms with van der Waals surface area (Å²) < 4.78 is 5.50. The third-order valence-corrected chi connectivity index (χ3v) is 4.54. The monoisotopic (exact) mass is 329 g/mol. The molecule has 7 nitrogen and oxygen atoms in total. The number of rotatable bonds is 3. The molecule has 0 unspecified atom stereocenters. The molecular weight excluding hydrogens is 318 g/mol. The maximum Gasteiger partial charge on any atom is 0.512 e. The molecule has 0 fully saturated rings. The van der Waals surface area contributed by atoms with Crippen molar-refractivity contribution in [2.45, 2.75) is 6.61 Å². The maximum atomic E-state index is 10.6. The molecule has 0 saturated heterocycles. The van der Waals surface area contributed by atoms with E-state index in [1.807, 2.05) is 24.3 Å². The lowest BCUT2D eigenvalue weighted by atomic mass is 10.1. The van der Waals surface area contributed by atoms with E-state index in [-0.39, 0.29) is 6.61 Å². The minimum Gasteiger partial charge on any atom is -0.449 e. The van der Waals surface area contributed by atoms with Gasteiger partial charge < -0.3 is 19.9 Å². The quantitative estimate of drug-likeness (QED) is 0.431. The number of aromatic nitrogens is 3. The largest absolute Gasteiger partial charge is 0.512 e. The molecule has 3 heterocycles. The van der Waals surface area contributed by atoms with Gasteiger partial charge in [-0.05, 0) is 23.8 Å². The zero-order chi connectivity index (χ0) is 16.0. The van der Waals surface area contributed by atoms with Crippen molar-refractivity contribution in [2.75, 3.05) is 0 Å². The highest BCUT2D eigenvalue weighted by atomic mass is 32.1. The molecule has 0 aliphatic carbocycles. The number of hydrogen-bond donors (Lipinski definition) is 4. The van der Waals surface area contributed by atoms with Crippen molar-refractivity contribution < 1.29 is 19.7 Å². The lowest BCUT2D eigenvalue weighted by Crippen LogP contribution is -2.00. The van der Waals surface area contributed by atoms with Gasteiger partial charge in [0.2, 0.25) is 0 Å². The highest BCUT2D eigenvalue weighted by Crippen LogP contribution is 2.37. The number of benzene rings is 1. The number of fused-ring (bicyclic) bond motifs is 2. The molecule has 0 amide bonds. The Kier molecular flexibility index (Phi) is 3.07. The van der Waals surface area contributed by atoms with Gasteiger partial charge in [-0.1, -0.05) is 17.4 Å². The van der Waals surface area contributed by atoms with Crippen LogP contribution < -0.4 is 4.74 Å². The SMILES string of the molecule is O=C(O)Oc1cc2[nH]nc(-c3cc4cc(CO)ccc4[nH]3)c2s1. The van der Waals surface area contributed by atoms with Crippen LogP contribution in [0.1, 0.15) is 5.56 Å². The number of thiophene rings is 1. The first-order chi connectivity index (χ1) is 11.1. The van der Waals surface area contributed by atoms with Crippen LogP contribution in [0, 0.1) is 0 Å². The second-order valence-electron chi connectivity index (χ2n) is 5.01. The van der Waals surface area contributed by atoms with Crippen LogP contribution in [0.3, 0.4) is 0 Å². The lowest BCUT2D eigenvalue weighted by Gasteiger charge is -1.94. The third-order valence-electron chi connectivity index (χ3n) is 3.52. The number of aromatic amines is 2. The van der Waals surface area contributed by atoms with E-state index in [0.29, 0.717) is 10.8 Å². The van der Waals surface area contributed by atoms with Crippen LogP contribution in [0.25, 0.3) is 32.5 Å². The Labute approximate surface area is 133 Å². The lowest BCUT2D eigenvalue weighted by molar-refractivity contribution is 0.146. The first-order valence-electron chi connectivity index (χ1n) is 6.75. The summed E-state index contributed by atoms with van der Waals surface area (Å²) in [5.74, 6) is 0. The second-order valence-corrected chi connectivity index (χ2v) is 6.03. The van der Waals surface area contributed by atoms with Gasteiger partial charge in [0, 0.05) is 17.0 Å². The van der Waals surface area contributed by atoms with E-state index in [9.17, 15) is 9.90 Å². The summed E-state index contributed by atoms with van der Waals surface area (Å²) in [5, 5.41) is 26.3. The van der Waals surface area contributed by atoms with E-state index >= 15 is 0 Å². The van der Waals surface area contributed by atoms with Gasteiger partial charge in [0.15, 0.2) is 5.06 Å². The molecule has 8 heteroatoms. The number of aliphatic hydroxyl groups excluding tert-OH is 1. The maximum absolute atomic E-state index is 10.6. The van der Waals surface area contributed by atoms with Crippen molar-refractivity contribution in [2.24, 2.45) is 0 Å². The molecule has 116 valence electrons. The Bertz CT molecular complexity index is 1030. The van der Waals surface area contributed by atoms with E-state index in [4.69, 9.17) is 5.11 Å². The number of aliphatic hydroxyl groups is 1. The van der Waals surface area contributed by atoms with E-state index in [0.717, 1.165) is 32.4 Å². The number of H-pyrrole nitrogens is 2. The average Bonchev–Trinajstić information content (AvgIpc) is 3.18. The summed E-state index contributed by atoms with van der Waals surface area (Å²) in [5.41, 5.74) is 4.00. The van der Waals surface area contributed by atoms with Crippen LogP contribution in [0.4, 0.5) is 4.79 Å². The van der Waals surface area contributed by atoms with Gasteiger partial charge in [-0.15, -0.1) is 0 Å². The molecule has 1 aromatic carbocycles. The minimum absolute atomic E-state index is 0.0100. The Morgan fingerprint density at radius 3 is 2.91 bits per heavy atom. The summed E-state index contributed by atoms with van der Waals surface area (Å²) >= 11 is 1.21. The van der Waals surface area contributed by atoms with Crippen molar-refractivity contribution in [3.8, 4) is 16.5 Å². The average molecular weight is 329 g/mol. The van der Waals surface area contributed by atoms with Crippen LogP contribution >= 0.6 is 11.3 Å². The Morgan fingerprint density at radius 1 is 1.26 bits per heavy atom. The van der Waals surface area contributed by atoms with Crippen LogP contribution in [0.15, 0.2) is 30.3 Å². The topological polar surface area (TPSA) is 111 Å². The van der Waals surface area contributed by atoms with Gasteiger partial charge in [-0.2, -0.15) is 5.10 Å². The zero-order valence-electron chi connectivity index (χ0n) is 11.7. The van der Waals surface area contributed by atoms with Crippen molar-refractivity contribution in [3.05, 3.63) is 35.9 Å². The van der Waals surface area contributed by atoms with Crippen LogP contribution in [-0.4, -0.2) is 31.5 Å². The standard InChI is InChI=1S/C15H11N3O4S/c19-6-7-1-2-9-8(3-7)4-10(16-9)13-14-11(17-18-13)5-12(23-14)22-15(20)21/h1-5,16,19H,6H2,(H,17,18)(H,20,21). The normalized spacial score (nSPS) is 11.3. The van der Waals surface area contributed by atoms with Crippen molar-refractivity contribution in [3.63, 3.8) is 0 Å². The Morgan fingerprint density at radius 2 is 2.13 bits per heavy atom. The number of hydrogen-bond acceptors (Lipinski definition) is 5. The number of carboxylic acid groups (broad SMARTS) is 1. The summed E-state index contributed by atoms with van der Waals surface area (Å²) in [6.45, 7) is -0.0100. The predicted molar refractivity (Wildman–Crippen MR) is 85.8 cm³/mol. The fraction of sp³-hybridized carbons (Fsp3) is 0.0667. The van der Waals surface area contributed by atoms with Gasteiger partial charge >= 0.3 is 6.16 Å². The zero-order valence-corrected chi connectivity index (χ0v) is 12.5. The smallest absolute Gasteiger partial charge is 0.449 e. The summed E-state index contributed by atoms with van der Waals surface area (Å²) in [6.07, 6.45) is -1.34. The van der Waals surface area contributed by atoms with Gasteiger partial charge in [0.05, 0.1) is 22.5 Å². The molecular formula is C15H11N3O4S. The van der Waals surface area contributed by atoms with Crippen molar-refractivity contribution in [1.82, 2.24) is 15.2 Å². The van der Waals surface area contributed by atoms with Crippen LogP contribution in [0.2, 0.25) is 0 Å². The van der Waals surface area contributed by atoms with Crippen LogP contribution in [-0.2, 0) is 6.61 Å². The van der Waals surface area contributed by atoms with E-state index < -0.39 is 6.16 Å². The highest BCUT2D eigenvalue weighted by Gasteiger charge is 2.16. The first kappa shape index (κ1) is 13.8. The number of nitrogens with one attached hydrogen (secondary N) is 2. The first-order valence-corrected chi connectivity index (χ1v) is 7.57. The third kappa shape index (κ3) is 2.33. The number of nitrogens with zero attached hydrogens (tertiary/aromatic N) is 1. The van der Waals surface area contributed by atoms with E-state index in [2.05, 4.69) is 19.9 Å². The molecule has 0 spiro atoms. The summed E-state index contributed by atoms with van der Waals surface area (Å²) in [4.78, 5) is 13.9. The van der Waals surface area contributed by atoms with E-state index in [1.165, 1.54) is 11.3 Å². The molecule has 0 bridgehead atoms. The predicted octanol–water partition coefficient (Wildman–Crippen LogP) is 3.32. The molecule has 4 aromatic rings.